The van der Waals surface area contributed by atoms with Crippen LogP contribution in [-0.2, 0) is 9.53 Å². The molecule has 1 aliphatic rings. The molecule has 0 aromatic rings. The molecule has 1 saturated heterocycles. The number of carbonyl (C=O) groups excluding carboxylic acids is 1. The Labute approximate surface area is 73.1 Å². The summed E-state index contributed by atoms with van der Waals surface area (Å²) in [4.78, 5) is 15.4. The Hall–Kier alpha value is -0.610. The quantitative estimate of drug-likeness (QED) is 0.558. The molecule has 0 bridgehead atoms. The lowest BCUT2D eigenvalue weighted by Gasteiger charge is -2.32. The van der Waals surface area contributed by atoms with Crippen LogP contribution in [0.3, 0.4) is 0 Å². The van der Waals surface area contributed by atoms with Gasteiger partial charge in [-0.3, -0.25) is 4.79 Å². The number of hydrogen-bond acceptors (Lipinski definition) is 3. The van der Waals surface area contributed by atoms with Gasteiger partial charge < -0.3 is 14.5 Å². The van der Waals surface area contributed by atoms with Gasteiger partial charge in [0.05, 0.1) is 0 Å². The minimum Gasteiger partial charge on any atom is -0.375 e. The van der Waals surface area contributed by atoms with E-state index in [1.807, 2.05) is 4.90 Å². The Kier molecular flexibility index (Phi) is 3.49. The highest BCUT2D eigenvalue weighted by Crippen LogP contribution is 1.99. The maximum atomic E-state index is 11.3. The standard InChI is InChI=1S/C8H16N2O2/c1-9-3-5-10(6-4-9)8(11)7-12-2/h3-7H2,1-2H3. The van der Waals surface area contributed by atoms with Crippen molar-refractivity contribution in [2.75, 3.05) is 46.9 Å². The van der Waals surface area contributed by atoms with E-state index in [0.717, 1.165) is 26.2 Å². The molecule has 1 rings (SSSR count). The zero-order valence-electron chi connectivity index (χ0n) is 7.75. The number of methoxy groups -OCH3 is 1. The SMILES string of the molecule is COCC(=O)N1CCN(C)CC1. The number of nitrogens with zero attached hydrogens (tertiary/aromatic N) is 2. The summed E-state index contributed by atoms with van der Waals surface area (Å²) in [5.41, 5.74) is 0. The van der Waals surface area contributed by atoms with Gasteiger partial charge in [-0.1, -0.05) is 0 Å². The smallest absolute Gasteiger partial charge is 0.248 e. The summed E-state index contributed by atoms with van der Waals surface area (Å²) < 4.78 is 4.78. The van der Waals surface area contributed by atoms with Gasteiger partial charge in [0.25, 0.3) is 0 Å². The van der Waals surface area contributed by atoms with Gasteiger partial charge in [0, 0.05) is 33.3 Å². The molecule has 4 heteroatoms. The molecule has 12 heavy (non-hydrogen) atoms. The van der Waals surface area contributed by atoms with Crippen LogP contribution in [0.25, 0.3) is 0 Å². The molecule has 0 aromatic carbocycles. The predicted octanol–water partition coefficient (Wildman–Crippen LogP) is -0.593. The zero-order chi connectivity index (χ0) is 8.97. The lowest BCUT2D eigenvalue weighted by Crippen LogP contribution is -2.48. The monoisotopic (exact) mass is 172 g/mol. The van der Waals surface area contributed by atoms with Gasteiger partial charge in [0.15, 0.2) is 0 Å². The minimum atomic E-state index is 0.102. The lowest BCUT2D eigenvalue weighted by molar-refractivity contribution is -0.136. The lowest BCUT2D eigenvalue weighted by atomic mass is 10.3. The van der Waals surface area contributed by atoms with Crippen molar-refractivity contribution in [3.8, 4) is 0 Å². The van der Waals surface area contributed by atoms with Crippen LogP contribution in [0.1, 0.15) is 0 Å². The summed E-state index contributed by atoms with van der Waals surface area (Å²) in [6, 6.07) is 0. The highest BCUT2D eigenvalue weighted by Gasteiger charge is 2.17. The number of piperazine rings is 1. The van der Waals surface area contributed by atoms with Crippen LogP contribution in [-0.4, -0.2) is 62.7 Å². The number of ether oxygens (including phenoxy) is 1. The van der Waals surface area contributed by atoms with Gasteiger partial charge in [-0.05, 0) is 7.05 Å². The van der Waals surface area contributed by atoms with Crippen LogP contribution in [0.15, 0.2) is 0 Å². The fraction of sp³-hybridized carbons (Fsp3) is 0.875. The van der Waals surface area contributed by atoms with Crippen LogP contribution in [0, 0.1) is 0 Å². The first-order chi connectivity index (χ1) is 5.74. The summed E-state index contributed by atoms with van der Waals surface area (Å²) in [7, 11) is 3.62. The van der Waals surface area contributed by atoms with Crippen LogP contribution >= 0.6 is 0 Å². The number of amides is 1. The fourth-order valence-electron chi connectivity index (χ4n) is 1.27. The minimum absolute atomic E-state index is 0.102. The molecule has 1 amide bonds. The first kappa shape index (κ1) is 9.48. The molecule has 1 aliphatic heterocycles. The van der Waals surface area contributed by atoms with E-state index in [-0.39, 0.29) is 12.5 Å². The van der Waals surface area contributed by atoms with Crippen molar-refractivity contribution in [2.24, 2.45) is 0 Å². The number of likely N-dealkylation sites (N-methyl/N-ethyl adjacent to an activating group) is 1. The molecule has 0 spiro atoms. The normalized spacial score (nSPS) is 19.7. The Morgan fingerprint density at radius 3 is 2.42 bits per heavy atom. The van der Waals surface area contributed by atoms with E-state index in [1.165, 1.54) is 0 Å². The van der Waals surface area contributed by atoms with E-state index >= 15 is 0 Å². The Bertz CT molecular complexity index is 153. The first-order valence-electron chi connectivity index (χ1n) is 4.19. The molecule has 0 N–H and O–H groups in total. The van der Waals surface area contributed by atoms with Crippen molar-refractivity contribution in [1.82, 2.24) is 9.80 Å². The molecule has 70 valence electrons. The van der Waals surface area contributed by atoms with Crippen LogP contribution in [0.4, 0.5) is 0 Å². The van der Waals surface area contributed by atoms with Crippen molar-refractivity contribution in [1.29, 1.82) is 0 Å². The Balaban J connectivity index is 2.29. The van der Waals surface area contributed by atoms with Crippen molar-refractivity contribution in [2.45, 2.75) is 0 Å². The van der Waals surface area contributed by atoms with Crippen molar-refractivity contribution >= 4 is 5.91 Å². The van der Waals surface area contributed by atoms with Gasteiger partial charge in [0.1, 0.15) is 6.61 Å². The predicted molar refractivity (Wildman–Crippen MR) is 46.0 cm³/mol. The van der Waals surface area contributed by atoms with E-state index < -0.39 is 0 Å². The number of carbonyl (C=O) groups is 1. The molecule has 0 radical (unpaired) electrons. The van der Waals surface area contributed by atoms with E-state index in [1.54, 1.807) is 7.11 Å². The molecule has 1 heterocycles. The van der Waals surface area contributed by atoms with Crippen LogP contribution in [0.2, 0.25) is 0 Å². The second kappa shape index (κ2) is 4.42. The van der Waals surface area contributed by atoms with Crippen LogP contribution in [0.5, 0.6) is 0 Å². The highest BCUT2D eigenvalue weighted by atomic mass is 16.5. The van der Waals surface area contributed by atoms with Gasteiger partial charge in [-0.2, -0.15) is 0 Å². The molecular formula is C8H16N2O2. The average Bonchev–Trinajstić information content (AvgIpc) is 2.06. The summed E-state index contributed by atoms with van der Waals surface area (Å²) in [5, 5.41) is 0. The van der Waals surface area contributed by atoms with Crippen molar-refractivity contribution < 1.29 is 9.53 Å². The average molecular weight is 172 g/mol. The molecule has 4 nitrogen and oxygen atoms in total. The van der Waals surface area contributed by atoms with E-state index in [9.17, 15) is 4.79 Å². The Morgan fingerprint density at radius 1 is 1.33 bits per heavy atom. The molecule has 0 aromatic heterocycles. The molecule has 0 aliphatic carbocycles. The molecule has 0 atom stereocenters. The largest absolute Gasteiger partial charge is 0.375 e. The third kappa shape index (κ3) is 2.46. The summed E-state index contributed by atoms with van der Waals surface area (Å²) >= 11 is 0. The second-order valence-corrected chi connectivity index (χ2v) is 3.12. The number of rotatable bonds is 2. The van der Waals surface area contributed by atoms with E-state index in [4.69, 9.17) is 4.74 Å². The maximum absolute atomic E-state index is 11.3. The third-order valence-electron chi connectivity index (χ3n) is 2.12. The molecule has 0 unspecified atom stereocenters. The molecule has 1 fully saturated rings. The summed E-state index contributed by atoms with van der Waals surface area (Å²) in [6.07, 6.45) is 0. The molecule has 0 saturated carbocycles. The first-order valence-corrected chi connectivity index (χ1v) is 4.19. The summed E-state index contributed by atoms with van der Waals surface area (Å²) in [5.74, 6) is 0.102. The molecular weight excluding hydrogens is 156 g/mol. The number of hydrogen-bond donors (Lipinski definition) is 0. The van der Waals surface area contributed by atoms with Gasteiger partial charge in [0.2, 0.25) is 5.91 Å². The van der Waals surface area contributed by atoms with Gasteiger partial charge in [-0.25, -0.2) is 0 Å². The summed E-state index contributed by atoms with van der Waals surface area (Å²) in [6.45, 7) is 3.81. The van der Waals surface area contributed by atoms with E-state index in [2.05, 4.69) is 11.9 Å². The fourth-order valence-corrected chi connectivity index (χ4v) is 1.27. The second-order valence-electron chi connectivity index (χ2n) is 3.12. The van der Waals surface area contributed by atoms with Crippen molar-refractivity contribution in [3.05, 3.63) is 0 Å². The zero-order valence-corrected chi connectivity index (χ0v) is 7.75. The third-order valence-corrected chi connectivity index (χ3v) is 2.12. The maximum Gasteiger partial charge on any atom is 0.248 e. The topological polar surface area (TPSA) is 32.8 Å². The van der Waals surface area contributed by atoms with E-state index in [0.29, 0.717) is 0 Å². The Morgan fingerprint density at radius 2 is 1.92 bits per heavy atom. The van der Waals surface area contributed by atoms with Gasteiger partial charge in [-0.15, -0.1) is 0 Å². The highest BCUT2D eigenvalue weighted by molar-refractivity contribution is 5.77. The van der Waals surface area contributed by atoms with Crippen molar-refractivity contribution in [3.63, 3.8) is 0 Å². The van der Waals surface area contributed by atoms with Gasteiger partial charge >= 0.3 is 0 Å². The van der Waals surface area contributed by atoms with Crippen LogP contribution < -0.4 is 0 Å².